The summed E-state index contributed by atoms with van der Waals surface area (Å²) in [5.74, 6) is 1.53. The summed E-state index contributed by atoms with van der Waals surface area (Å²) in [6.07, 6.45) is 1.82. The zero-order valence-corrected chi connectivity index (χ0v) is 17.7. The Balaban J connectivity index is 1.25. The average Bonchev–Trinajstić information content (AvgIpc) is 2.85. The lowest BCUT2D eigenvalue weighted by Gasteiger charge is -2.38. The monoisotopic (exact) mass is 412 g/mol. The maximum Gasteiger partial charge on any atom is 0.236 e. The lowest BCUT2D eigenvalue weighted by atomic mass is 9.84. The first-order valence-electron chi connectivity index (χ1n) is 11.1. The molecule has 0 N–H and O–H groups in total. The molecule has 1 fully saturated rings. The summed E-state index contributed by atoms with van der Waals surface area (Å²) < 4.78 is 0. The molecule has 0 radical (unpaired) electrons. The fourth-order valence-corrected chi connectivity index (χ4v) is 4.79. The predicted molar refractivity (Wildman–Crippen MR) is 123 cm³/mol. The van der Waals surface area contributed by atoms with E-state index in [0.29, 0.717) is 12.5 Å². The second-order valence-corrected chi connectivity index (χ2v) is 8.39. The minimum Gasteiger partial charge on any atom is -0.353 e. The molecular weight excluding hydrogens is 384 g/mol. The summed E-state index contributed by atoms with van der Waals surface area (Å²) in [4.78, 5) is 24.1. The van der Waals surface area contributed by atoms with Crippen LogP contribution >= 0.6 is 0 Å². The van der Waals surface area contributed by atoms with E-state index in [0.717, 1.165) is 45.1 Å². The van der Waals surface area contributed by atoms with Crippen molar-refractivity contribution in [1.29, 1.82) is 0 Å². The summed E-state index contributed by atoms with van der Waals surface area (Å²) in [7, 11) is 0. The van der Waals surface area contributed by atoms with Crippen LogP contribution in [0.4, 0.5) is 5.82 Å². The van der Waals surface area contributed by atoms with Crippen molar-refractivity contribution >= 4 is 11.7 Å². The number of hydrogen-bond acceptors (Lipinski definition) is 4. The Hall–Kier alpha value is -3.18. The molecule has 5 heteroatoms. The Morgan fingerprint density at radius 1 is 0.871 bits per heavy atom. The summed E-state index contributed by atoms with van der Waals surface area (Å²) in [6.45, 7) is 5.35. The van der Waals surface area contributed by atoms with E-state index in [-0.39, 0.29) is 5.91 Å². The Kier molecular flexibility index (Phi) is 5.67. The maximum absolute atomic E-state index is 13.1. The van der Waals surface area contributed by atoms with E-state index in [1.165, 1.54) is 16.7 Å². The molecule has 1 amide bonds. The number of piperazine rings is 1. The molecule has 5 rings (SSSR count). The largest absolute Gasteiger partial charge is 0.353 e. The van der Waals surface area contributed by atoms with E-state index in [1.54, 1.807) is 0 Å². The van der Waals surface area contributed by atoms with Gasteiger partial charge in [-0.2, -0.15) is 0 Å². The number of aromatic nitrogens is 1. The highest BCUT2D eigenvalue weighted by Gasteiger charge is 2.29. The van der Waals surface area contributed by atoms with E-state index in [1.807, 2.05) is 29.3 Å². The molecule has 31 heavy (non-hydrogen) atoms. The third-order valence-electron chi connectivity index (χ3n) is 6.43. The van der Waals surface area contributed by atoms with Crippen LogP contribution in [0.15, 0.2) is 79.0 Å². The first-order valence-corrected chi connectivity index (χ1v) is 11.1. The number of pyridine rings is 1. The van der Waals surface area contributed by atoms with Gasteiger partial charge in [-0.1, -0.05) is 60.7 Å². The highest BCUT2D eigenvalue weighted by atomic mass is 16.2. The second-order valence-electron chi connectivity index (χ2n) is 8.39. The summed E-state index contributed by atoms with van der Waals surface area (Å²) in [5, 5.41) is 0. The van der Waals surface area contributed by atoms with Gasteiger partial charge < -0.3 is 9.80 Å². The van der Waals surface area contributed by atoms with Gasteiger partial charge in [0.05, 0.1) is 6.54 Å². The lowest BCUT2D eigenvalue weighted by molar-refractivity contribution is -0.133. The van der Waals surface area contributed by atoms with Crippen LogP contribution in [0.1, 0.15) is 22.6 Å². The van der Waals surface area contributed by atoms with Crippen LogP contribution in [0.2, 0.25) is 0 Å². The normalized spacial score (nSPS) is 19.2. The number of rotatable bonds is 4. The van der Waals surface area contributed by atoms with Crippen LogP contribution in [-0.4, -0.2) is 60.0 Å². The van der Waals surface area contributed by atoms with Gasteiger partial charge in [-0.25, -0.2) is 4.98 Å². The van der Waals surface area contributed by atoms with Gasteiger partial charge >= 0.3 is 0 Å². The van der Waals surface area contributed by atoms with Crippen LogP contribution in [0.3, 0.4) is 0 Å². The molecule has 5 nitrogen and oxygen atoms in total. The van der Waals surface area contributed by atoms with E-state index in [2.05, 4.69) is 69.4 Å². The third-order valence-corrected chi connectivity index (χ3v) is 6.43. The molecule has 0 spiro atoms. The number of benzene rings is 2. The Morgan fingerprint density at radius 3 is 2.39 bits per heavy atom. The number of fused-ring (bicyclic) bond motifs is 1. The molecule has 1 atom stereocenters. The number of carbonyl (C=O) groups excluding carboxylic acids is 1. The second kappa shape index (κ2) is 8.90. The summed E-state index contributed by atoms with van der Waals surface area (Å²) in [5.41, 5.74) is 4.04. The van der Waals surface area contributed by atoms with E-state index in [4.69, 9.17) is 0 Å². The Morgan fingerprint density at radius 2 is 1.61 bits per heavy atom. The standard InChI is InChI=1S/C26H28N4O/c31-26(30-16-14-29(15-17-30)25-12-6-7-13-27-25)20-28-18-22-10-4-5-11-23(22)24(19-28)21-8-2-1-3-9-21/h1-13,24H,14-20H2. The smallest absolute Gasteiger partial charge is 0.236 e. The predicted octanol–water partition coefficient (Wildman–Crippen LogP) is 3.38. The van der Waals surface area contributed by atoms with Gasteiger partial charge in [0.1, 0.15) is 5.82 Å². The first kappa shape index (κ1) is 19.8. The quantitative estimate of drug-likeness (QED) is 0.659. The minimum absolute atomic E-state index is 0.229. The zero-order chi connectivity index (χ0) is 21.0. The van der Waals surface area contributed by atoms with Crippen molar-refractivity contribution in [3.63, 3.8) is 0 Å². The molecular formula is C26H28N4O. The summed E-state index contributed by atoms with van der Waals surface area (Å²) >= 11 is 0. The van der Waals surface area contributed by atoms with Crippen LogP contribution in [0.5, 0.6) is 0 Å². The molecule has 1 unspecified atom stereocenters. The van der Waals surface area contributed by atoms with Gasteiger partial charge in [-0.05, 0) is 28.8 Å². The molecule has 1 aromatic heterocycles. The molecule has 3 aromatic rings. The molecule has 0 aliphatic carbocycles. The zero-order valence-electron chi connectivity index (χ0n) is 17.7. The molecule has 3 heterocycles. The van der Waals surface area contributed by atoms with Gasteiger partial charge in [-0.15, -0.1) is 0 Å². The van der Waals surface area contributed by atoms with E-state index >= 15 is 0 Å². The van der Waals surface area contributed by atoms with Gasteiger partial charge in [0.15, 0.2) is 0 Å². The molecule has 0 saturated carbocycles. The summed E-state index contributed by atoms with van der Waals surface area (Å²) in [6, 6.07) is 25.3. The van der Waals surface area contributed by atoms with Crippen LogP contribution in [0.25, 0.3) is 0 Å². The average molecular weight is 413 g/mol. The van der Waals surface area contributed by atoms with Crippen molar-refractivity contribution in [1.82, 2.24) is 14.8 Å². The SMILES string of the molecule is O=C(CN1Cc2ccccc2C(c2ccccc2)C1)N1CCN(c2ccccn2)CC1. The molecule has 1 saturated heterocycles. The van der Waals surface area contributed by atoms with Crippen LogP contribution < -0.4 is 4.90 Å². The number of carbonyl (C=O) groups is 1. The highest BCUT2D eigenvalue weighted by Crippen LogP contribution is 2.33. The molecule has 158 valence electrons. The van der Waals surface area contributed by atoms with Crippen molar-refractivity contribution < 1.29 is 4.79 Å². The van der Waals surface area contributed by atoms with Gasteiger partial charge in [0, 0.05) is 51.4 Å². The van der Waals surface area contributed by atoms with E-state index < -0.39 is 0 Å². The highest BCUT2D eigenvalue weighted by molar-refractivity contribution is 5.78. The fraction of sp³-hybridized carbons (Fsp3) is 0.308. The van der Waals surface area contributed by atoms with Gasteiger partial charge in [-0.3, -0.25) is 9.69 Å². The maximum atomic E-state index is 13.1. The topological polar surface area (TPSA) is 39.7 Å². The number of hydrogen-bond donors (Lipinski definition) is 0. The van der Waals surface area contributed by atoms with Crippen molar-refractivity contribution in [2.24, 2.45) is 0 Å². The Labute approximate surface area is 183 Å². The third kappa shape index (κ3) is 4.32. The van der Waals surface area contributed by atoms with Crippen molar-refractivity contribution in [2.75, 3.05) is 44.2 Å². The van der Waals surface area contributed by atoms with Crippen molar-refractivity contribution in [3.05, 3.63) is 95.7 Å². The van der Waals surface area contributed by atoms with Gasteiger partial charge in [0.2, 0.25) is 5.91 Å². The van der Waals surface area contributed by atoms with Crippen LogP contribution in [-0.2, 0) is 11.3 Å². The lowest BCUT2D eigenvalue weighted by Crippen LogP contribution is -2.52. The number of nitrogens with zero attached hydrogens (tertiary/aromatic N) is 4. The fourth-order valence-electron chi connectivity index (χ4n) is 4.79. The van der Waals surface area contributed by atoms with Crippen LogP contribution in [0, 0.1) is 0 Å². The van der Waals surface area contributed by atoms with Crippen molar-refractivity contribution in [3.8, 4) is 0 Å². The number of anilines is 1. The molecule has 0 bridgehead atoms. The Bertz CT molecular complexity index is 1020. The molecule has 2 aromatic carbocycles. The molecule has 2 aliphatic heterocycles. The van der Waals surface area contributed by atoms with E-state index in [9.17, 15) is 4.79 Å². The van der Waals surface area contributed by atoms with Gasteiger partial charge in [0.25, 0.3) is 0 Å². The number of amides is 1. The minimum atomic E-state index is 0.229. The molecule has 2 aliphatic rings. The first-order chi connectivity index (χ1) is 15.3. The van der Waals surface area contributed by atoms with Crippen molar-refractivity contribution in [2.45, 2.75) is 12.5 Å².